The van der Waals surface area contributed by atoms with Crippen molar-refractivity contribution in [1.29, 1.82) is 5.26 Å². The zero-order valence-electron chi connectivity index (χ0n) is 10.1. The molecular weight excluding hydrogens is 242 g/mol. The second-order valence-corrected chi connectivity index (χ2v) is 6.52. The lowest BCUT2D eigenvalue weighted by molar-refractivity contribution is -0.132. The lowest BCUT2D eigenvalue weighted by Crippen LogP contribution is -2.47. The molecule has 1 fully saturated rings. The van der Waals surface area contributed by atoms with Crippen molar-refractivity contribution in [2.45, 2.75) is 19.8 Å². The van der Waals surface area contributed by atoms with Crippen molar-refractivity contribution in [3.05, 3.63) is 0 Å². The fraction of sp³-hybridized carbons (Fsp3) is 0.800. The van der Waals surface area contributed by atoms with Gasteiger partial charge in [0.15, 0.2) is 0 Å². The highest BCUT2D eigenvalue weighted by molar-refractivity contribution is 7.88. The normalized spacial score (nSPS) is 25.4. The van der Waals surface area contributed by atoms with Gasteiger partial charge in [0.25, 0.3) is 0 Å². The number of likely N-dealkylation sites (tertiary alicyclic amines) is 1. The Labute approximate surface area is 102 Å². The van der Waals surface area contributed by atoms with E-state index in [1.165, 1.54) is 0 Å². The molecule has 1 rings (SSSR count). The van der Waals surface area contributed by atoms with Crippen molar-refractivity contribution in [2.24, 2.45) is 5.41 Å². The second-order valence-electron chi connectivity index (χ2n) is 4.68. The summed E-state index contributed by atoms with van der Waals surface area (Å²) >= 11 is 0. The zero-order chi connectivity index (χ0) is 13.1. The van der Waals surface area contributed by atoms with Gasteiger partial charge in [-0.25, -0.2) is 13.1 Å². The van der Waals surface area contributed by atoms with Crippen molar-refractivity contribution >= 4 is 15.9 Å². The zero-order valence-corrected chi connectivity index (χ0v) is 10.9. The fourth-order valence-corrected chi connectivity index (χ4v) is 2.23. The highest BCUT2D eigenvalue weighted by Crippen LogP contribution is 2.28. The number of hydrogen-bond acceptors (Lipinski definition) is 4. The van der Waals surface area contributed by atoms with Gasteiger partial charge >= 0.3 is 0 Å². The van der Waals surface area contributed by atoms with Gasteiger partial charge in [-0.05, 0) is 19.8 Å². The second kappa shape index (κ2) is 5.02. The SMILES string of the molecule is C[C@@]1(C#N)CCCN(C(=O)CNS(C)(=O)=O)C1. The highest BCUT2D eigenvalue weighted by Gasteiger charge is 2.33. The Bertz CT molecular complexity index is 440. The van der Waals surface area contributed by atoms with E-state index in [4.69, 9.17) is 5.26 Å². The molecule has 1 aliphatic rings. The number of amides is 1. The predicted octanol–water partition coefficient (Wildman–Crippen LogP) is -0.312. The Morgan fingerprint density at radius 1 is 1.59 bits per heavy atom. The summed E-state index contributed by atoms with van der Waals surface area (Å²) in [5.41, 5.74) is -0.515. The standard InChI is InChI=1S/C10H17N3O3S/c1-10(7-11)4-3-5-13(8-10)9(14)6-12-17(2,15)16/h12H,3-6,8H2,1-2H3/t10-/m0/s1. The third kappa shape index (κ3) is 4.32. The molecule has 0 aromatic rings. The molecule has 0 aromatic carbocycles. The fourth-order valence-electron chi connectivity index (χ4n) is 1.85. The third-order valence-corrected chi connectivity index (χ3v) is 3.47. The number of nitrogens with one attached hydrogen (secondary N) is 1. The number of carbonyl (C=O) groups excluding carboxylic acids is 1. The number of carbonyl (C=O) groups is 1. The summed E-state index contributed by atoms with van der Waals surface area (Å²) in [4.78, 5) is 13.3. The van der Waals surface area contributed by atoms with Crippen LogP contribution in [0.25, 0.3) is 0 Å². The van der Waals surface area contributed by atoms with Crippen LogP contribution < -0.4 is 4.72 Å². The Kier molecular flexibility index (Phi) is 4.11. The Hall–Kier alpha value is -1.13. The molecular formula is C10H17N3O3S. The smallest absolute Gasteiger partial charge is 0.237 e. The average molecular weight is 259 g/mol. The summed E-state index contributed by atoms with van der Waals surface area (Å²) in [5, 5.41) is 9.01. The first-order chi connectivity index (χ1) is 7.76. The first-order valence-corrected chi connectivity index (χ1v) is 7.29. The topological polar surface area (TPSA) is 90.3 Å². The molecule has 1 saturated heterocycles. The van der Waals surface area contributed by atoms with Crippen LogP contribution in [0.5, 0.6) is 0 Å². The number of nitrogens with zero attached hydrogens (tertiary/aromatic N) is 2. The highest BCUT2D eigenvalue weighted by atomic mass is 32.2. The molecule has 0 radical (unpaired) electrons. The molecule has 0 aromatic heterocycles. The van der Waals surface area contributed by atoms with E-state index in [1.807, 2.05) is 6.92 Å². The van der Waals surface area contributed by atoms with E-state index in [9.17, 15) is 13.2 Å². The number of sulfonamides is 1. The summed E-state index contributed by atoms with van der Waals surface area (Å²) in [6.07, 6.45) is 2.55. The van der Waals surface area contributed by atoms with E-state index < -0.39 is 15.4 Å². The predicted molar refractivity (Wildman–Crippen MR) is 62.4 cm³/mol. The quantitative estimate of drug-likeness (QED) is 0.752. The van der Waals surface area contributed by atoms with Gasteiger partial charge in [0.05, 0.1) is 24.3 Å². The van der Waals surface area contributed by atoms with Gasteiger partial charge in [0.2, 0.25) is 15.9 Å². The molecule has 1 heterocycles. The van der Waals surface area contributed by atoms with E-state index in [0.29, 0.717) is 13.1 Å². The minimum Gasteiger partial charge on any atom is -0.340 e. The number of rotatable bonds is 3. The maximum absolute atomic E-state index is 11.7. The van der Waals surface area contributed by atoms with Crippen LogP contribution in [0.1, 0.15) is 19.8 Å². The van der Waals surface area contributed by atoms with Crippen molar-refractivity contribution in [2.75, 3.05) is 25.9 Å². The molecule has 1 aliphatic heterocycles. The van der Waals surface area contributed by atoms with Gasteiger partial charge in [-0.15, -0.1) is 0 Å². The molecule has 0 bridgehead atoms. The minimum atomic E-state index is -3.35. The van der Waals surface area contributed by atoms with Crippen LogP contribution in [0, 0.1) is 16.7 Å². The molecule has 17 heavy (non-hydrogen) atoms. The Morgan fingerprint density at radius 3 is 2.76 bits per heavy atom. The maximum Gasteiger partial charge on any atom is 0.237 e. The summed E-state index contributed by atoms with van der Waals surface area (Å²) in [7, 11) is -3.35. The average Bonchev–Trinajstić information content (AvgIpc) is 2.25. The van der Waals surface area contributed by atoms with E-state index in [1.54, 1.807) is 4.90 Å². The monoisotopic (exact) mass is 259 g/mol. The summed E-state index contributed by atoms with van der Waals surface area (Å²) < 4.78 is 23.9. The van der Waals surface area contributed by atoms with E-state index in [0.717, 1.165) is 19.1 Å². The minimum absolute atomic E-state index is 0.236. The lowest BCUT2D eigenvalue weighted by atomic mass is 9.83. The van der Waals surface area contributed by atoms with E-state index in [-0.39, 0.29) is 12.5 Å². The molecule has 1 amide bonds. The van der Waals surface area contributed by atoms with Gasteiger partial charge in [-0.1, -0.05) is 0 Å². The van der Waals surface area contributed by atoms with Crippen LogP contribution in [0.4, 0.5) is 0 Å². The van der Waals surface area contributed by atoms with Crippen LogP contribution in [0.2, 0.25) is 0 Å². The van der Waals surface area contributed by atoms with Gasteiger partial charge < -0.3 is 4.90 Å². The van der Waals surface area contributed by atoms with E-state index >= 15 is 0 Å². The van der Waals surface area contributed by atoms with Crippen LogP contribution in [0.3, 0.4) is 0 Å². The molecule has 6 nitrogen and oxygen atoms in total. The Balaban J connectivity index is 2.56. The van der Waals surface area contributed by atoms with Gasteiger partial charge in [-0.3, -0.25) is 4.79 Å². The lowest BCUT2D eigenvalue weighted by Gasteiger charge is -2.35. The third-order valence-electron chi connectivity index (χ3n) is 2.80. The van der Waals surface area contributed by atoms with Gasteiger partial charge in [-0.2, -0.15) is 5.26 Å². The first-order valence-electron chi connectivity index (χ1n) is 5.39. The van der Waals surface area contributed by atoms with Crippen molar-refractivity contribution in [3.8, 4) is 6.07 Å². The summed E-state index contributed by atoms with van der Waals surface area (Å²) in [5.74, 6) is -0.281. The van der Waals surface area contributed by atoms with Gasteiger partial charge in [0.1, 0.15) is 0 Å². The van der Waals surface area contributed by atoms with Crippen molar-refractivity contribution in [3.63, 3.8) is 0 Å². The van der Waals surface area contributed by atoms with Crippen molar-refractivity contribution < 1.29 is 13.2 Å². The number of nitriles is 1. The molecule has 0 spiro atoms. The molecule has 1 N–H and O–H groups in total. The number of piperidine rings is 1. The molecule has 7 heteroatoms. The summed E-state index contributed by atoms with van der Waals surface area (Å²) in [6.45, 7) is 2.53. The largest absolute Gasteiger partial charge is 0.340 e. The molecule has 96 valence electrons. The van der Waals surface area contributed by atoms with Gasteiger partial charge in [0, 0.05) is 13.1 Å². The summed E-state index contributed by atoms with van der Waals surface area (Å²) in [6, 6.07) is 2.20. The number of hydrogen-bond donors (Lipinski definition) is 1. The van der Waals surface area contributed by atoms with Crippen LogP contribution in [-0.2, 0) is 14.8 Å². The molecule has 0 aliphatic carbocycles. The maximum atomic E-state index is 11.7. The van der Waals surface area contributed by atoms with Crippen LogP contribution in [-0.4, -0.2) is 45.1 Å². The molecule has 0 unspecified atom stereocenters. The van der Waals surface area contributed by atoms with E-state index in [2.05, 4.69) is 10.8 Å². The van der Waals surface area contributed by atoms with Crippen molar-refractivity contribution in [1.82, 2.24) is 9.62 Å². The molecule has 0 saturated carbocycles. The molecule has 1 atom stereocenters. The Morgan fingerprint density at radius 2 is 2.24 bits per heavy atom. The van der Waals surface area contributed by atoms with Crippen LogP contribution >= 0.6 is 0 Å². The van der Waals surface area contributed by atoms with Crippen LogP contribution in [0.15, 0.2) is 0 Å². The first kappa shape index (κ1) is 13.9.